The smallest absolute Gasteiger partial charge is 0.349 e. The minimum Gasteiger partial charge on any atom is -0.491 e. The highest BCUT2D eigenvalue weighted by atomic mass is 32.1. The lowest BCUT2D eigenvalue weighted by Gasteiger charge is -2.10. The van der Waals surface area contributed by atoms with Crippen LogP contribution in [0.1, 0.15) is 27.9 Å². The molecule has 1 N–H and O–H groups in total. The molecule has 5 nitrogen and oxygen atoms in total. The summed E-state index contributed by atoms with van der Waals surface area (Å²) in [5.74, 6) is -0.678. The molecule has 0 atom stereocenters. The molecular formula is C12H17NO4S. The zero-order valence-corrected chi connectivity index (χ0v) is 11.5. The predicted octanol–water partition coefficient (Wildman–Crippen LogP) is 1.87. The largest absolute Gasteiger partial charge is 0.491 e. The summed E-state index contributed by atoms with van der Waals surface area (Å²) in [6, 6.07) is 1.73. The highest BCUT2D eigenvalue weighted by Gasteiger charge is 2.16. The summed E-state index contributed by atoms with van der Waals surface area (Å²) in [5.41, 5.74) is 0. The van der Waals surface area contributed by atoms with Gasteiger partial charge in [-0.15, -0.1) is 11.3 Å². The number of rotatable bonds is 6. The van der Waals surface area contributed by atoms with Gasteiger partial charge in [-0.3, -0.25) is 4.79 Å². The summed E-state index contributed by atoms with van der Waals surface area (Å²) in [6.45, 7) is 2.15. The van der Waals surface area contributed by atoms with Crippen molar-refractivity contribution in [1.82, 2.24) is 4.90 Å². The van der Waals surface area contributed by atoms with Crippen LogP contribution in [0.15, 0.2) is 6.07 Å². The van der Waals surface area contributed by atoms with E-state index in [2.05, 4.69) is 0 Å². The van der Waals surface area contributed by atoms with Crippen LogP contribution in [0.4, 0.5) is 0 Å². The fourth-order valence-corrected chi connectivity index (χ4v) is 2.20. The fourth-order valence-electron chi connectivity index (χ4n) is 1.33. The van der Waals surface area contributed by atoms with Crippen molar-refractivity contribution in [2.75, 3.05) is 20.7 Å². The van der Waals surface area contributed by atoms with Crippen molar-refractivity contribution in [1.29, 1.82) is 0 Å². The molecule has 0 saturated carbocycles. The van der Waals surface area contributed by atoms with Crippen LogP contribution in [-0.2, 0) is 11.2 Å². The number of ether oxygens (including phenoxy) is 1. The first-order valence-electron chi connectivity index (χ1n) is 5.64. The minimum atomic E-state index is -0.992. The third-order valence-corrected chi connectivity index (χ3v) is 3.61. The maximum Gasteiger partial charge on any atom is 0.349 e. The van der Waals surface area contributed by atoms with Crippen LogP contribution < -0.4 is 4.74 Å². The third kappa shape index (κ3) is 3.73. The molecule has 1 aromatic rings. The number of hydrogen-bond acceptors (Lipinski definition) is 4. The molecule has 100 valence electrons. The molecule has 1 heterocycles. The summed E-state index contributed by atoms with van der Waals surface area (Å²) < 4.78 is 5.38. The summed E-state index contributed by atoms with van der Waals surface area (Å²) >= 11 is 1.21. The van der Waals surface area contributed by atoms with E-state index in [1.807, 2.05) is 6.92 Å². The molecule has 6 heteroatoms. The first-order chi connectivity index (χ1) is 8.45. The van der Waals surface area contributed by atoms with Crippen LogP contribution in [0, 0.1) is 0 Å². The Morgan fingerprint density at radius 3 is 2.61 bits per heavy atom. The Balaban J connectivity index is 2.64. The number of carboxylic acid groups (broad SMARTS) is 1. The minimum absolute atomic E-state index is 0.0437. The van der Waals surface area contributed by atoms with Crippen molar-refractivity contribution < 1.29 is 19.4 Å². The molecule has 0 radical (unpaired) electrons. The maximum atomic E-state index is 11.3. The Morgan fingerprint density at radius 2 is 2.11 bits per heavy atom. The van der Waals surface area contributed by atoms with E-state index in [4.69, 9.17) is 9.84 Å². The fraction of sp³-hybridized carbons (Fsp3) is 0.500. The van der Waals surface area contributed by atoms with Crippen molar-refractivity contribution in [3.05, 3.63) is 15.8 Å². The van der Waals surface area contributed by atoms with Crippen LogP contribution in [0.25, 0.3) is 0 Å². The first kappa shape index (κ1) is 14.5. The Labute approximate surface area is 110 Å². The summed E-state index contributed by atoms with van der Waals surface area (Å²) in [7, 11) is 3.34. The van der Waals surface area contributed by atoms with E-state index in [0.717, 1.165) is 11.3 Å². The molecule has 0 aliphatic heterocycles. The predicted molar refractivity (Wildman–Crippen MR) is 69.5 cm³/mol. The number of nitrogens with zero attached hydrogens (tertiary/aromatic N) is 1. The molecule has 0 aliphatic carbocycles. The van der Waals surface area contributed by atoms with Gasteiger partial charge in [0.15, 0.2) is 4.88 Å². The van der Waals surface area contributed by atoms with Crippen LogP contribution in [0.3, 0.4) is 0 Å². The maximum absolute atomic E-state index is 11.3. The first-order valence-corrected chi connectivity index (χ1v) is 6.46. The Bertz CT molecular complexity index is 439. The molecule has 0 aromatic carbocycles. The number of carboxylic acids is 1. The molecule has 0 spiro atoms. The molecule has 0 unspecified atom stereocenters. The lowest BCUT2D eigenvalue weighted by atomic mass is 10.3. The second kappa shape index (κ2) is 6.39. The van der Waals surface area contributed by atoms with Gasteiger partial charge in [0.2, 0.25) is 5.91 Å². The molecule has 0 saturated heterocycles. The number of carbonyl (C=O) groups is 2. The van der Waals surface area contributed by atoms with Gasteiger partial charge in [0.05, 0.1) is 13.0 Å². The Hall–Kier alpha value is -1.56. The number of thiophene rings is 1. The summed E-state index contributed by atoms with van der Waals surface area (Å²) in [5, 5.41) is 9.03. The zero-order valence-electron chi connectivity index (χ0n) is 10.7. The lowest BCUT2D eigenvalue weighted by Crippen LogP contribution is -2.23. The SMILES string of the molecule is CCc1cc(OCCC(=O)N(C)C)c(C(=O)O)s1. The number of hydrogen-bond donors (Lipinski definition) is 1. The number of aryl methyl sites for hydroxylation is 1. The van der Waals surface area contributed by atoms with E-state index >= 15 is 0 Å². The highest BCUT2D eigenvalue weighted by molar-refractivity contribution is 7.14. The molecule has 1 amide bonds. The van der Waals surface area contributed by atoms with Crippen molar-refractivity contribution in [3.63, 3.8) is 0 Å². The Morgan fingerprint density at radius 1 is 1.44 bits per heavy atom. The highest BCUT2D eigenvalue weighted by Crippen LogP contribution is 2.29. The van der Waals surface area contributed by atoms with Crippen LogP contribution >= 0.6 is 11.3 Å². The summed E-state index contributed by atoms with van der Waals surface area (Å²) in [4.78, 5) is 25.0. The van der Waals surface area contributed by atoms with Gasteiger partial charge in [0.25, 0.3) is 0 Å². The second-order valence-corrected chi connectivity index (χ2v) is 5.09. The van der Waals surface area contributed by atoms with Gasteiger partial charge in [0.1, 0.15) is 5.75 Å². The quantitative estimate of drug-likeness (QED) is 0.857. The number of carbonyl (C=O) groups excluding carboxylic acids is 1. The summed E-state index contributed by atoms with van der Waals surface area (Å²) in [6.07, 6.45) is 1.01. The van der Waals surface area contributed by atoms with Gasteiger partial charge < -0.3 is 14.7 Å². The van der Waals surface area contributed by atoms with Crippen molar-refractivity contribution in [3.8, 4) is 5.75 Å². The normalized spacial score (nSPS) is 10.2. The van der Waals surface area contributed by atoms with Gasteiger partial charge in [-0.25, -0.2) is 4.79 Å². The van der Waals surface area contributed by atoms with E-state index in [1.165, 1.54) is 16.2 Å². The van der Waals surface area contributed by atoms with E-state index in [0.29, 0.717) is 5.75 Å². The molecule has 18 heavy (non-hydrogen) atoms. The van der Waals surface area contributed by atoms with Gasteiger partial charge in [-0.05, 0) is 12.5 Å². The zero-order chi connectivity index (χ0) is 13.7. The van der Waals surface area contributed by atoms with E-state index in [1.54, 1.807) is 20.2 Å². The monoisotopic (exact) mass is 271 g/mol. The molecule has 1 aromatic heterocycles. The molecule has 0 bridgehead atoms. The second-order valence-electron chi connectivity index (χ2n) is 3.95. The van der Waals surface area contributed by atoms with E-state index < -0.39 is 5.97 Å². The topological polar surface area (TPSA) is 66.8 Å². The van der Waals surface area contributed by atoms with Crippen LogP contribution in [0.2, 0.25) is 0 Å². The number of aromatic carboxylic acids is 1. The average Bonchev–Trinajstić information content (AvgIpc) is 2.72. The van der Waals surface area contributed by atoms with Gasteiger partial charge in [0, 0.05) is 19.0 Å². The molecular weight excluding hydrogens is 254 g/mol. The van der Waals surface area contributed by atoms with Gasteiger partial charge in [-0.1, -0.05) is 6.92 Å². The molecule has 1 rings (SSSR count). The van der Waals surface area contributed by atoms with Crippen LogP contribution in [0.5, 0.6) is 5.75 Å². The van der Waals surface area contributed by atoms with Crippen molar-refractivity contribution >= 4 is 23.2 Å². The average molecular weight is 271 g/mol. The number of amides is 1. The van der Waals surface area contributed by atoms with Crippen LogP contribution in [-0.4, -0.2) is 42.6 Å². The third-order valence-electron chi connectivity index (χ3n) is 2.36. The standard InChI is InChI=1S/C12H17NO4S/c1-4-8-7-9(11(18-8)12(15)16)17-6-5-10(14)13(2)3/h7H,4-6H2,1-3H3,(H,15,16). The van der Waals surface area contributed by atoms with Crippen molar-refractivity contribution in [2.45, 2.75) is 19.8 Å². The molecule has 0 aliphatic rings. The molecule has 0 fully saturated rings. The van der Waals surface area contributed by atoms with E-state index in [9.17, 15) is 9.59 Å². The van der Waals surface area contributed by atoms with E-state index in [-0.39, 0.29) is 23.8 Å². The van der Waals surface area contributed by atoms with Gasteiger partial charge in [-0.2, -0.15) is 0 Å². The Kier molecular flexibility index (Phi) is 5.15. The van der Waals surface area contributed by atoms with Gasteiger partial charge >= 0.3 is 5.97 Å². The van der Waals surface area contributed by atoms with Crippen molar-refractivity contribution in [2.24, 2.45) is 0 Å². The lowest BCUT2D eigenvalue weighted by molar-refractivity contribution is -0.129.